The third-order valence-corrected chi connectivity index (χ3v) is 9.16. The van der Waals surface area contributed by atoms with E-state index < -0.39 is 32.5 Å². The number of carbonyl (C=O) groups is 2. The van der Waals surface area contributed by atoms with Gasteiger partial charge < -0.3 is 27.9 Å². The molecular weight excluding hydrogens is 641 g/mol. The van der Waals surface area contributed by atoms with Crippen LogP contribution >= 0.6 is 7.82 Å². The minimum Gasteiger partial charge on any atom is -0.756 e. The van der Waals surface area contributed by atoms with Gasteiger partial charge in [-0.15, -0.1) is 0 Å². The Morgan fingerprint density at radius 1 is 0.612 bits per heavy atom. The average molecular weight is 716 g/mol. The molecule has 0 saturated heterocycles. The Morgan fingerprint density at radius 2 is 1.06 bits per heavy atom. The zero-order valence-corrected chi connectivity index (χ0v) is 33.0. The van der Waals surface area contributed by atoms with Gasteiger partial charge in [0.05, 0.1) is 27.7 Å². The van der Waals surface area contributed by atoms with Crippen LogP contribution in [0, 0.1) is 0 Å². The van der Waals surface area contributed by atoms with Crippen LogP contribution < -0.4 is 4.89 Å². The van der Waals surface area contributed by atoms with Crippen LogP contribution in [-0.4, -0.2) is 70.0 Å². The Hall–Kier alpha value is -1.51. The van der Waals surface area contributed by atoms with Crippen molar-refractivity contribution in [2.75, 3.05) is 47.5 Å². The fourth-order valence-corrected chi connectivity index (χ4v) is 5.77. The van der Waals surface area contributed by atoms with Gasteiger partial charge in [-0.3, -0.25) is 14.2 Å². The van der Waals surface area contributed by atoms with Gasteiger partial charge in [-0.05, 0) is 57.8 Å². The number of esters is 2. The molecule has 0 radical (unpaired) electrons. The van der Waals surface area contributed by atoms with Crippen LogP contribution in [0.4, 0.5) is 0 Å². The van der Waals surface area contributed by atoms with E-state index in [1.807, 2.05) is 21.1 Å². The van der Waals surface area contributed by atoms with Crippen LogP contribution in [0.1, 0.15) is 162 Å². The molecule has 0 aliphatic heterocycles. The largest absolute Gasteiger partial charge is 0.756 e. The van der Waals surface area contributed by atoms with Gasteiger partial charge in [0.15, 0.2) is 6.10 Å². The molecule has 0 fully saturated rings. The Morgan fingerprint density at radius 3 is 1.57 bits per heavy atom. The van der Waals surface area contributed by atoms with Crippen LogP contribution in [0.2, 0.25) is 0 Å². The van der Waals surface area contributed by atoms with Crippen molar-refractivity contribution in [1.29, 1.82) is 0 Å². The molecule has 0 aromatic heterocycles. The van der Waals surface area contributed by atoms with Gasteiger partial charge in [0, 0.05) is 12.8 Å². The molecule has 0 aliphatic rings. The number of likely N-dealkylation sites (N-methyl/N-ethyl adjacent to an activating group) is 1. The van der Waals surface area contributed by atoms with Crippen molar-refractivity contribution in [3.63, 3.8) is 0 Å². The average Bonchev–Trinajstić information content (AvgIpc) is 3.04. The summed E-state index contributed by atoms with van der Waals surface area (Å²) >= 11 is 0. The second-order valence-electron chi connectivity index (χ2n) is 14.3. The molecule has 0 saturated carbocycles. The molecular formula is C39H74NO8P. The zero-order valence-electron chi connectivity index (χ0n) is 32.1. The van der Waals surface area contributed by atoms with Crippen molar-refractivity contribution in [1.82, 2.24) is 0 Å². The van der Waals surface area contributed by atoms with Crippen molar-refractivity contribution in [2.24, 2.45) is 0 Å². The van der Waals surface area contributed by atoms with E-state index in [1.54, 1.807) is 0 Å². The highest BCUT2D eigenvalue weighted by Gasteiger charge is 2.21. The summed E-state index contributed by atoms with van der Waals surface area (Å²) in [7, 11) is 1.15. The predicted molar refractivity (Wildman–Crippen MR) is 199 cm³/mol. The number of hydrogen-bond acceptors (Lipinski definition) is 8. The number of quaternary nitrogens is 1. The maximum atomic E-state index is 12.6. The third kappa shape index (κ3) is 36.1. The standard InChI is InChI=1S/C39H74NO8P/c1-6-8-10-12-14-16-18-19-20-22-24-26-28-30-32-39(42)48-37(36-47-49(43,44)46-34-33-40(3,4)5)35-45-38(41)31-29-27-25-23-21-17-15-13-11-9-7-2/h13,15,18-19,37H,6-12,14,16-17,20-36H2,1-5H3/b15-13-,19-18-/t37-/m1/s1. The molecule has 0 heterocycles. The van der Waals surface area contributed by atoms with E-state index in [1.165, 1.54) is 51.4 Å². The maximum absolute atomic E-state index is 12.6. The lowest BCUT2D eigenvalue weighted by Crippen LogP contribution is -2.37. The van der Waals surface area contributed by atoms with Crippen LogP contribution in [0.15, 0.2) is 24.3 Å². The SMILES string of the molecule is CCCC/C=C\CCCCCCCC(=O)OC[C@H](COP(=O)([O-])OCC[N+](C)(C)C)OC(=O)CCCCCCC/C=C\CCCCCCC. The van der Waals surface area contributed by atoms with Gasteiger partial charge in [0.1, 0.15) is 19.8 Å². The molecule has 0 bridgehead atoms. The predicted octanol–water partition coefficient (Wildman–Crippen LogP) is 9.77. The molecule has 0 N–H and O–H groups in total. The van der Waals surface area contributed by atoms with E-state index in [2.05, 4.69) is 38.2 Å². The molecule has 1 unspecified atom stereocenters. The molecule has 288 valence electrons. The molecule has 49 heavy (non-hydrogen) atoms. The van der Waals surface area contributed by atoms with Crippen molar-refractivity contribution in [2.45, 2.75) is 168 Å². The molecule has 0 rings (SSSR count). The van der Waals surface area contributed by atoms with Gasteiger partial charge in [0.25, 0.3) is 7.82 Å². The first-order valence-electron chi connectivity index (χ1n) is 19.5. The molecule has 10 heteroatoms. The molecule has 0 spiro atoms. The highest BCUT2D eigenvalue weighted by molar-refractivity contribution is 7.45. The lowest BCUT2D eigenvalue weighted by molar-refractivity contribution is -0.870. The first-order chi connectivity index (χ1) is 23.5. The number of unbranched alkanes of at least 4 members (excludes halogenated alkanes) is 17. The lowest BCUT2D eigenvalue weighted by Gasteiger charge is -2.28. The molecule has 9 nitrogen and oxygen atoms in total. The van der Waals surface area contributed by atoms with E-state index in [0.717, 1.165) is 77.0 Å². The first-order valence-corrected chi connectivity index (χ1v) is 21.0. The van der Waals surface area contributed by atoms with Crippen molar-refractivity contribution in [3.8, 4) is 0 Å². The number of hydrogen-bond donors (Lipinski definition) is 0. The van der Waals surface area contributed by atoms with Crippen molar-refractivity contribution >= 4 is 19.8 Å². The summed E-state index contributed by atoms with van der Waals surface area (Å²) in [5.74, 6) is -0.857. The summed E-state index contributed by atoms with van der Waals surface area (Å²) < 4.78 is 33.7. The maximum Gasteiger partial charge on any atom is 0.306 e. The van der Waals surface area contributed by atoms with Crippen LogP contribution in [-0.2, 0) is 32.7 Å². The number of rotatable bonds is 35. The highest BCUT2D eigenvalue weighted by Crippen LogP contribution is 2.38. The van der Waals surface area contributed by atoms with Crippen LogP contribution in [0.5, 0.6) is 0 Å². The second-order valence-corrected chi connectivity index (χ2v) is 15.7. The second kappa shape index (κ2) is 32.4. The monoisotopic (exact) mass is 716 g/mol. The highest BCUT2D eigenvalue weighted by atomic mass is 31.2. The first kappa shape index (κ1) is 47.5. The molecule has 0 aliphatic carbocycles. The number of carbonyl (C=O) groups excluding carboxylic acids is 2. The minimum atomic E-state index is -4.62. The minimum absolute atomic E-state index is 0.0329. The molecule has 0 amide bonds. The van der Waals surface area contributed by atoms with E-state index in [9.17, 15) is 19.0 Å². The summed E-state index contributed by atoms with van der Waals surface area (Å²) in [5.41, 5.74) is 0. The van der Waals surface area contributed by atoms with Gasteiger partial charge in [-0.1, -0.05) is 115 Å². The fraction of sp³-hybridized carbons (Fsp3) is 0.846. The van der Waals surface area contributed by atoms with Crippen molar-refractivity contribution in [3.05, 3.63) is 24.3 Å². The number of nitrogens with zero attached hydrogens (tertiary/aromatic N) is 1. The van der Waals surface area contributed by atoms with E-state index in [0.29, 0.717) is 17.4 Å². The third-order valence-electron chi connectivity index (χ3n) is 8.19. The summed E-state index contributed by atoms with van der Waals surface area (Å²) in [5, 5.41) is 0. The Kier molecular flexibility index (Phi) is 31.4. The van der Waals surface area contributed by atoms with Crippen LogP contribution in [0.25, 0.3) is 0 Å². The zero-order chi connectivity index (χ0) is 36.5. The fourth-order valence-electron chi connectivity index (χ4n) is 5.04. The molecule has 2 atom stereocenters. The van der Waals surface area contributed by atoms with Gasteiger partial charge in [-0.25, -0.2) is 0 Å². The molecule has 0 aromatic carbocycles. The van der Waals surface area contributed by atoms with Gasteiger partial charge in [-0.2, -0.15) is 0 Å². The van der Waals surface area contributed by atoms with E-state index in [4.69, 9.17) is 18.5 Å². The van der Waals surface area contributed by atoms with E-state index >= 15 is 0 Å². The summed E-state index contributed by atoms with van der Waals surface area (Å²) in [6.45, 7) is 4.14. The van der Waals surface area contributed by atoms with Gasteiger partial charge >= 0.3 is 11.9 Å². The number of allylic oxidation sites excluding steroid dienone is 4. The summed E-state index contributed by atoms with van der Waals surface area (Å²) in [4.78, 5) is 37.3. The quantitative estimate of drug-likeness (QED) is 0.0210. The Balaban J connectivity index is 4.45. The molecule has 0 aromatic rings. The number of phosphoric acid groups is 1. The number of ether oxygens (including phenoxy) is 2. The smallest absolute Gasteiger partial charge is 0.306 e. The Labute approximate surface area is 300 Å². The lowest BCUT2D eigenvalue weighted by atomic mass is 10.1. The van der Waals surface area contributed by atoms with E-state index in [-0.39, 0.29) is 26.1 Å². The number of phosphoric ester groups is 1. The topological polar surface area (TPSA) is 111 Å². The normalized spacial score (nSPS) is 14.0. The summed E-state index contributed by atoms with van der Waals surface area (Å²) in [6.07, 6.45) is 32.0. The van der Waals surface area contributed by atoms with Crippen LogP contribution in [0.3, 0.4) is 0 Å². The summed E-state index contributed by atoms with van der Waals surface area (Å²) in [6, 6.07) is 0. The Bertz CT molecular complexity index is 902. The van der Waals surface area contributed by atoms with Gasteiger partial charge in [0.2, 0.25) is 0 Å². The van der Waals surface area contributed by atoms with Crippen molar-refractivity contribution < 1.29 is 42.1 Å².